The highest BCUT2D eigenvalue weighted by molar-refractivity contribution is 5.75. The molecule has 0 heterocycles. The van der Waals surface area contributed by atoms with Gasteiger partial charge in [0, 0.05) is 12.5 Å². The molecular formula is C15H20O4. The molecule has 4 heteroatoms. The fourth-order valence-electron chi connectivity index (χ4n) is 1.59. The van der Waals surface area contributed by atoms with Crippen LogP contribution in [0.1, 0.15) is 38.8 Å². The zero-order valence-corrected chi connectivity index (χ0v) is 12.1. The van der Waals surface area contributed by atoms with E-state index in [4.69, 9.17) is 9.47 Å². The first kappa shape index (κ1) is 15.2. The predicted molar refractivity (Wildman–Crippen MR) is 72.0 cm³/mol. The number of ether oxygens (including phenoxy) is 2. The third-order valence-electron chi connectivity index (χ3n) is 2.23. The van der Waals surface area contributed by atoms with Crippen molar-refractivity contribution >= 4 is 11.9 Å². The van der Waals surface area contributed by atoms with Crippen LogP contribution in [-0.2, 0) is 20.7 Å². The maximum atomic E-state index is 11.8. The molecule has 1 aromatic carbocycles. The lowest BCUT2D eigenvalue weighted by Gasteiger charge is -2.20. The summed E-state index contributed by atoms with van der Waals surface area (Å²) in [5.74, 6) is -0.334. The second-order valence-corrected chi connectivity index (χ2v) is 5.47. The summed E-state index contributed by atoms with van der Waals surface area (Å²) in [6, 6.07) is 5.38. The summed E-state index contributed by atoms with van der Waals surface area (Å²) in [5.41, 5.74) is 1.09. The van der Waals surface area contributed by atoms with Crippen LogP contribution in [-0.4, -0.2) is 17.5 Å². The molecule has 1 aromatic rings. The number of carbonyl (C=O) groups excluding carboxylic acids is 2. The molecule has 0 unspecified atom stereocenters. The van der Waals surface area contributed by atoms with E-state index in [1.807, 2.05) is 33.8 Å². The normalized spacial score (nSPS) is 11.0. The minimum Gasteiger partial charge on any atom is -0.460 e. The van der Waals surface area contributed by atoms with Crippen LogP contribution in [0.2, 0.25) is 0 Å². The van der Waals surface area contributed by atoms with Crippen LogP contribution in [0.15, 0.2) is 18.2 Å². The quantitative estimate of drug-likeness (QED) is 0.622. The van der Waals surface area contributed by atoms with Crippen LogP contribution in [0.4, 0.5) is 0 Å². The molecule has 1 rings (SSSR count). The smallest absolute Gasteiger partial charge is 0.310 e. The standard InChI is InChI=1S/C15H20O4/c1-10-6-7-12(13(8-10)18-11(2)16)9-14(17)19-15(3,4)5/h6-8H,9H2,1-5H3. The van der Waals surface area contributed by atoms with Crippen molar-refractivity contribution in [2.45, 2.75) is 46.6 Å². The van der Waals surface area contributed by atoms with Crippen molar-refractivity contribution in [2.24, 2.45) is 0 Å². The topological polar surface area (TPSA) is 52.6 Å². The van der Waals surface area contributed by atoms with Crippen LogP contribution in [0, 0.1) is 6.92 Å². The molecular weight excluding hydrogens is 244 g/mol. The van der Waals surface area contributed by atoms with Crippen LogP contribution in [0.25, 0.3) is 0 Å². The number of hydrogen-bond donors (Lipinski definition) is 0. The first-order valence-electron chi connectivity index (χ1n) is 6.17. The average Bonchev–Trinajstić information content (AvgIpc) is 2.18. The zero-order chi connectivity index (χ0) is 14.6. The van der Waals surface area contributed by atoms with Crippen LogP contribution in [0.3, 0.4) is 0 Å². The van der Waals surface area contributed by atoms with Crippen LogP contribution >= 0.6 is 0 Å². The van der Waals surface area contributed by atoms with Gasteiger partial charge in [-0.3, -0.25) is 9.59 Å². The largest absolute Gasteiger partial charge is 0.460 e. The monoisotopic (exact) mass is 264 g/mol. The van der Waals surface area contributed by atoms with E-state index < -0.39 is 11.6 Å². The van der Waals surface area contributed by atoms with Crippen molar-refractivity contribution in [2.75, 3.05) is 0 Å². The van der Waals surface area contributed by atoms with Gasteiger partial charge < -0.3 is 9.47 Å². The molecule has 0 aliphatic carbocycles. The summed E-state index contributed by atoms with van der Waals surface area (Å²) < 4.78 is 10.4. The Morgan fingerprint density at radius 1 is 1.21 bits per heavy atom. The maximum absolute atomic E-state index is 11.8. The van der Waals surface area contributed by atoms with E-state index >= 15 is 0 Å². The summed E-state index contributed by atoms with van der Waals surface area (Å²) in [4.78, 5) is 22.8. The Balaban J connectivity index is 2.88. The second kappa shape index (κ2) is 5.87. The Bertz CT molecular complexity index is 483. The SMILES string of the molecule is CC(=O)Oc1cc(C)ccc1CC(=O)OC(C)(C)C. The molecule has 0 amide bonds. The first-order valence-corrected chi connectivity index (χ1v) is 6.17. The Morgan fingerprint density at radius 2 is 1.84 bits per heavy atom. The summed E-state index contributed by atoms with van der Waals surface area (Å²) in [7, 11) is 0. The molecule has 4 nitrogen and oxygen atoms in total. The molecule has 104 valence electrons. The maximum Gasteiger partial charge on any atom is 0.310 e. The van der Waals surface area contributed by atoms with Crippen molar-refractivity contribution in [3.63, 3.8) is 0 Å². The summed E-state index contributed by atoms with van der Waals surface area (Å²) in [6.45, 7) is 8.66. The zero-order valence-electron chi connectivity index (χ0n) is 12.1. The Labute approximate surface area is 113 Å². The van der Waals surface area contributed by atoms with Crippen molar-refractivity contribution < 1.29 is 19.1 Å². The van der Waals surface area contributed by atoms with Gasteiger partial charge in [-0.25, -0.2) is 0 Å². The fraction of sp³-hybridized carbons (Fsp3) is 0.467. The highest BCUT2D eigenvalue weighted by Gasteiger charge is 2.18. The molecule has 0 atom stereocenters. The van der Waals surface area contributed by atoms with Crippen molar-refractivity contribution in [1.82, 2.24) is 0 Å². The molecule has 0 fully saturated rings. The summed E-state index contributed by atoms with van der Waals surface area (Å²) >= 11 is 0. The van der Waals surface area contributed by atoms with Crippen molar-refractivity contribution in [3.05, 3.63) is 29.3 Å². The molecule has 0 aliphatic heterocycles. The van der Waals surface area contributed by atoms with E-state index in [0.29, 0.717) is 11.3 Å². The number of esters is 2. The Morgan fingerprint density at radius 3 is 2.37 bits per heavy atom. The van der Waals surface area contributed by atoms with E-state index in [1.165, 1.54) is 6.92 Å². The fourth-order valence-corrected chi connectivity index (χ4v) is 1.59. The number of benzene rings is 1. The number of carbonyl (C=O) groups is 2. The highest BCUT2D eigenvalue weighted by atomic mass is 16.6. The molecule has 0 saturated heterocycles. The average molecular weight is 264 g/mol. The minimum atomic E-state index is -0.524. The van der Waals surface area contributed by atoms with Gasteiger partial charge in [0.05, 0.1) is 6.42 Å². The van der Waals surface area contributed by atoms with E-state index in [2.05, 4.69) is 0 Å². The first-order chi connectivity index (χ1) is 8.67. The number of rotatable bonds is 3. The van der Waals surface area contributed by atoms with Gasteiger partial charge in [0.25, 0.3) is 0 Å². The van der Waals surface area contributed by atoms with Crippen molar-refractivity contribution in [1.29, 1.82) is 0 Å². The third kappa shape index (κ3) is 5.55. The van der Waals surface area contributed by atoms with Gasteiger partial charge in [-0.2, -0.15) is 0 Å². The Hall–Kier alpha value is -1.84. The predicted octanol–water partition coefficient (Wildman–Crippen LogP) is 2.80. The molecule has 0 aliphatic rings. The van der Waals surface area contributed by atoms with E-state index in [0.717, 1.165) is 5.56 Å². The van der Waals surface area contributed by atoms with E-state index in [1.54, 1.807) is 12.1 Å². The second-order valence-electron chi connectivity index (χ2n) is 5.47. The van der Waals surface area contributed by atoms with Crippen LogP contribution < -0.4 is 4.74 Å². The van der Waals surface area contributed by atoms with Crippen molar-refractivity contribution in [3.8, 4) is 5.75 Å². The lowest BCUT2D eigenvalue weighted by molar-refractivity contribution is -0.154. The van der Waals surface area contributed by atoms with Gasteiger partial charge in [0.2, 0.25) is 0 Å². The lowest BCUT2D eigenvalue weighted by Crippen LogP contribution is -2.25. The van der Waals surface area contributed by atoms with Gasteiger partial charge in [-0.15, -0.1) is 0 Å². The summed E-state index contributed by atoms with van der Waals surface area (Å²) in [5, 5.41) is 0. The number of aryl methyl sites for hydroxylation is 1. The van der Waals surface area contributed by atoms with Gasteiger partial charge in [-0.05, 0) is 39.3 Å². The Kier molecular flexibility index (Phi) is 4.70. The van der Waals surface area contributed by atoms with Gasteiger partial charge in [0.15, 0.2) is 0 Å². The van der Waals surface area contributed by atoms with E-state index in [9.17, 15) is 9.59 Å². The summed E-state index contributed by atoms with van der Waals surface area (Å²) in [6.07, 6.45) is 0.0835. The van der Waals surface area contributed by atoms with Gasteiger partial charge in [-0.1, -0.05) is 12.1 Å². The molecule has 0 aromatic heterocycles. The molecule has 19 heavy (non-hydrogen) atoms. The minimum absolute atomic E-state index is 0.0835. The molecule has 0 bridgehead atoms. The third-order valence-corrected chi connectivity index (χ3v) is 2.23. The highest BCUT2D eigenvalue weighted by Crippen LogP contribution is 2.22. The lowest BCUT2D eigenvalue weighted by atomic mass is 10.1. The molecule has 0 N–H and O–H groups in total. The molecule has 0 saturated carbocycles. The van der Waals surface area contributed by atoms with Gasteiger partial charge in [0.1, 0.15) is 11.4 Å². The van der Waals surface area contributed by atoms with Crippen LogP contribution in [0.5, 0.6) is 5.75 Å². The number of hydrogen-bond acceptors (Lipinski definition) is 4. The molecule has 0 radical (unpaired) electrons. The van der Waals surface area contributed by atoms with Gasteiger partial charge >= 0.3 is 11.9 Å². The molecule has 0 spiro atoms. The van der Waals surface area contributed by atoms with E-state index in [-0.39, 0.29) is 12.4 Å².